The predicted molar refractivity (Wildman–Crippen MR) is 125 cm³/mol. The van der Waals surface area contributed by atoms with E-state index in [1.54, 1.807) is 65.4 Å². The number of hydrogen-bond acceptors (Lipinski definition) is 8. The molecule has 9 nitrogen and oxygen atoms in total. The lowest BCUT2D eigenvalue weighted by atomic mass is 9.99. The molecule has 0 spiro atoms. The molecule has 0 bridgehead atoms. The van der Waals surface area contributed by atoms with Gasteiger partial charge in [0, 0.05) is 16.0 Å². The fraction of sp³-hybridized carbons (Fsp3) is 0.240. The maximum Gasteiger partial charge on any atom is 0.230 e. The van der Waals surface area contributed by atoms with E-state index in [0.29, 0.717) is 27.2 Å². The quantitative estimate of drug-likeness (QED) is 0.297. The van der Waals surface area contributed by atoms with Crippen molar-refractivity contribution in [3.05, 3.63) is 83.4 Å². The monoisotopic (exact) mass is 499 g/mol. The Balaban J connectivity index is 1.59. The van der Waals surface area contributed by atoms with E-state index in [1.165, 1.54) is 6.26 Å². The average Bonchev–Trinajstić information content (AvgIpc) is 3.52. The van der Waals surface area contributed by atoms with Crippen molar-refractivity contribution in [3.8, 4) is 11.4 Å². The zero-order valence-corrected chi connectivity index (χ0v) is 18.9. The van der Waals surface area contributed by atoms with E-state index in [-0.39, 0.29) is 17.3 Å². The molecule has 1 fully saturated rings. The Bertz CT molecular complexity index is 1350. The van der Waals surface area contributed by atoms with E-state index in [2.05, 4.69) is 0 Å². The zero-order valence-electron chi connectivity index (χ0n) is 18.2. The first-order valence-corrected chi connectivity index (χ1v) is 11.2. The fourth-order valence-corrected chi connectivity index (χ4v) is 4.33. The molecule has 2 aromatic carbocycles. The van der Waals surface area contributed by atoms with Crippen molar-refractivity contribution in [1.82, 2.24) is 4.57 Å². The van der Waals surface area contributed by atoms with Crippen LogP contribution >= 0.6 is 11.6 Å². The average molecular weight is 500 g/mol. The molecule has 5 rings (SSSR count). The molecule has 1 saturated heterocycles. The van der Waals surface area contributed by atoms with Crippen LogP contribution in [-0.2, 0) is 4.74 Å². The van der Waals surface area contributed by atoms with Crippen LogP contribution in [-0.4, -0.2) is 68.1 Å². The molecule has 2 aromatic heterocycles. The van der Waals surface area contributed by atoms with Crippen LogP contribution < -0.4 is 4.74 Å². The number of carbonyl (C=O) groups is 1. The van der Waals surface area contributed by atoms with Crippen molar-refractivity contribution in [2.45, 2.75) is 30.7 Å². The maximum atomic E-state index is 13.1. The number of ketones is 1. The number of nitrogens with zero attached hydrogens (tertiary/aromatic N) is 1. The summed E-state index contributed by atoms with van der Waals surface area (Å²) in [6.45, 7) is -0.579. The third-order valence-corrected chi connectivity index (χ3v) is 6.21. The van der Waals surface area contributed by atoms with E-state index < -0.39 is 37.3 Å². The number of aliphatic hydroxyl groups excluding tert-OH is 4. The van der Waals surface area contributed by atoms with E-state index in [0.717, 1.165) is 0 Å². The lowest BCUT2D eigenvalue weighted by molar-refractivity contribution is -0.277. The molecule has 5 atom stereocenters. The highest BCUT2D eigenvalue weighted by molar-refractivity contribution is 6.31. The lowest BCUT2D eigenvalue weighted by Crippen LogP contribution is -2.60. The molecule has 0 amide bonds. The smallest absolute Gasteiger partial charge is 0.230 e. The number of aliphatic hydroxyl groups is 4. The Morgan fingerprint density at radius 1 is 1.03 bits per heavy atom. The Morgan fingerprint density at radius 2 is 1.83 bits per heavy atom. The second-order valence-corrected chi connectivity index (χ2v) is 8.60. The van der Waals surface area contributed by atoms with Crippen molar-refractivity contribution in [1.29, 1.82) is 0 Å². The van der Waals surface area contributed by atoms with E-state index >= 15 is 0 Å². The standard InChI is InChI=1S/C25H22ClNO8/c26-13-7-8-14-17(10-13)27(16-5-2-1-4-15(16)21(29)18-6-3-9-33-18)11-19(14)34-25-24(32)23(31)22(30)20(12-28)35-25/h1-11,20,22-25,28,30-32H,12H2/t20-,22+,23+,24-,25+/m1/s1. The summed E-state index contributed by atoms with van der Waals surface area (Å²) in [5.41, 5.74) is 1.51. The molecule has 0 unspecified atom stereocenters. The number of halogens is 1. The van der Waals surface area contributed by atoms with Crippen molar-refractivity contribution in [2.75, 3.05) is 6.61 Å². The van der Waals surface area contributed by atoms with Gasteiger partial charge in [0.15, 0.2) is 5.76 Å². The summed E-state index contributed by atoms with van der Waals surface area (Å²) in [7, 11) is 0. The first-order valence-electron chi connectivity index (χ1n) is 10.8. The van der Waals surface area contributed by atoms with Gasteiger partial charge in [-0.3, -0.25) is 4.79 Å². The fourth-order valence-electron chi connectivity index (χ4n) is 4.17. The molecule has 0 saturated carbocycles. The van der Waals surface area contributed by atoms with Crippen molar-refractivity contribution in [2.24, 2.45) is 0 Å². The number of ether oxygens (including phenoxy) is 2. The SMILES string of the molecule is O=C(c1ccco1)c1ccccc1-n1cc(O[C@H]2O[C@H](CO)[C@H](O)[C@H](O)[C@H]2O)c2ccc(Cl)cc21. The van der Waals surface area contributed by atoms with Gasteiger partial charge in [-0.15, -0.1) is 0 Å². The van der Waals surface area contributed by atoms with Crippen molar-refractivity contribution < 1.29 is 39.1 Å². The van der Waals surface area contributed by atoms with Gasteiger partial charge in [0.2, 0.25) is 12.1 Å². The molecular formula is C25H22ClNO8. The van der Waals surface area contributed by atoms with Gasteiger partial charge in [0.05, 0.1) is 30.3 Å². The van der Waals surface area contributed by atoms with Gasteiger partial charge in [-0.1, -0.05) is 23.7 Å². The summed E-state index contributed by atoms with van der Waals surface area (Å²) in [6, 6.07) is 15.2. The third-order valence-electron chi connectivity index (χ3n) is 5.98. The number of benzene rings is 2. The minimum absolute atomic E-state index is 0.185. The number of fused-ring (bicyclic) bond motifs is 1. The molecule has 10 heteroatoms. The summed E-state index contributed by atoms with van der Waals surface area (Å²) in [5.74, 6) is 0.136. The summed E-state index contributed by atoms with van der Waals surface area (Å²) in [5, 5.41) is 41.1. The molecule has 4 aromatic rings. The number of aromatic nitrogens is 1. The molecule has 0 aliphatic carbocycles. The van der Waals surface area contributed by atoms with E-state index in [9.17, 15) is 25.2 Å². The number of para-hydroxylation sites is 1. The Labute approximate surface area is 204 Å². The number of rotatable bonds is 6. The zero-order chi connectivity index (χ0) is 24.7. The largest absolute Gasteiger partial charge is 0.461 e. The highest BCUT2D eigenvalue weighted by Gasteiger charge is 2.45. The second kappa shape index (κ2) is 9.46. The molecule has 4 N–H and O–H groups in total. The third kappa shape index (κ3) is 4.23. The topological polar surface area (TPSA) is 135 Å². The molecule has 3 heterocycles. The molecule has 1 aliphatic heterocycles. The van der Waals surface area contributed by atoms with E-state index in [4.69, 9.17) is 25.5 Å². The van der Waals surface area contributed by atoms with Gasteiger partial charge in [0.1, 0.15) is 30.2 Å². The first kappa shape index (κ1) is 23.6. The van der Waals surface area contributed by atoms with Gasteiger partial charge in [-0.05, 0) is 42.5 Å². The summed E-state index contributed by atoms with van der Waals surface area (Å²) in [4.78, 5) is 13.1. The van der Waals surface area contributed by atoms with Crippen LogP contribution in [0.15, 0.2) is 71.5 Å². The second-order valence-electron chi connectivity index (χ2n) is 8.16. The normalized spacial score (nSPS) is 24.5. The summed E-state index contributed by atoms with van der Waals surface area (Å²) < 4.78 is 18.4. The van der Waals surface area contributed by atoms with Gasteiger partial charge in [0.25, 0.3) is 0 Å². The minimum atomic E-state index is -1.58. The Kier molecular flexibility index (Phi) is 6.37. The van der Waals surface area contributed by atoms with Crippen LogP contribution in [0.5, 0.6) is 5.75 Å². The summed E-state index contributed by atoms with van der Waals surface area (Å²) >= 11 is 6.27. The van der Waals surface area contributed by atoms with Gasteiger partial charge in [-0.25, -0.2) is 0 Å². The van der Waals surface area contributed by atoms with Gasteiger partial charge in [-0.2, -0.15) is 0 Å². The summed E-state index contributed by atoms with van der Waals surface area (Å²) in [6.07, 6.45) is -4.13. The Hall–Kier alpha value is -3.18. The van der Waals surface area contributed by atoms with E-state index in [1.807, 2.05) is 0 Å². The van der Waals surface area contributed by atoms with Crippen LogP contribution in [0.25, 0.3) is 16.6 Å². The first-order chi connectivity index (χ1) is 16.9. The van der Waals surface area contributed by atoms with Gasteiger partial charge < -0.3 is 38.9 Å². The van der Waals surface area contributed by atoms with Crippen LogP contribution in [0.4, 0.5) is 0 Å². The number of furan rings is 1. The Morgan fingerprint density at radius 3 is 2.57 bits per heavy atom. The van der Waals surface area contributed by atoms with Crippen LogP contribution in [0.2, 0.25) is 5.02 Å². The molecule has 1 aliphatic rings. The molecule has 35 heavy (non-hydrogen) atoms. The van der Waals surface area contributed by atoms with Crippen molar-refractivity contribution >= 4 is 28.3 Å². The van der Waals surface area contributed by atoms with Crippen LogP contribution in [0, 0.1) is 0 Å². The lowest BCUT2D eigenvalue weighted by Gasteiger charge is -2.39. The van der Waals surface area contributed by atoms with Crippen LogP contribution in [0.3, 0.4) is 0 Å². The highest BCUT2D eigenvalue weighted by atomic mass is 35.5. The maximum absolute atomic E-state index is 13.1. The van der Waals surface area contributed by atoms with Gasteiger partial charge >= 0.3 is 0 Å². The predicted octanol–water partition coefficient (Wildman–Crippen LogP) is 2.29. The molecule has 182 valence electrons. The molecule has 0 radical (unpaired) electrons. The number of carbonyl (C=O) groups excluding carboxylic acids is 1. The minimum Gasteiger partial charge on any atom is -0.461 e. The molecular weight excluding hydrogens is 478 g/mol. The van der Waals surface area contributed by atoms with Crippen LogP contribution in [0.1, 0.15) is 16.1 Å². The number of hydrogen-bond donors (Lipinski definition) is 4. The van der Waals surface area contributed by atoms with Crippen molar-refractivity contribution in [3.63, 3.8) is 0 Å². The highest BCUT2D eigenvalue weighted by Crippen LogP contribution is 2.36.